The molecule has 0 unspecified atom stereocenters. The van der Waals surface area contributed by atoms with Gasteiger partial charge in [-0.15, -0.1) is 0 Å². The van der Waals surface area contributed by atoms with E-state index < -0.39 is 16.6 Å². The first-order chi connectivity index (χ1) is 11.4. The van der Waals surface area contributed by atoms with Gasteiger partial charge < -0.3 is 4.74 Å². The van der Waals surface area contributed by atoms with Crippen molar-refractivity contribution in [2.75, 3.05) is 4.72 Å². The lowest BCUT2D eigenvalue weighted by atomic mass is 10.2. The minimum Gasteiger partial charge on any atom is -0.435 e. The maximum atomic E-state index is 12.6. The topological polar surface area (TPSA) is 94.3 Å². The molecule has 1 heterocycles. The van der Waals surface area contributed by atoms with Gasteiger partial charge in [0.15, 0.2) is 5.52 Å². The zero-order valence-corrected chi connectivity index (χ0v) is 13.0. The van der Waals surface area contributed by atoms with E-state index in [1.165, 1.54) is 30.3 Å². The zero-order chi connectivity index (χ0) is 17.3. The van der Waals surface area contributed by atoms with Crippen molar-refractivity contribution in [3.63, 3.8) is 0 Å². The third kappa shape index (κ3) is 3.13. The van der Waals surface area contributed by atoms with E-state index in [-0.39, 0.29) is 21.8 Å². The van der Waals surface area contributed by atoms with Crippen LogP contribution in [0.4, 0.5) is 14.5 Å². The van der Waals surface area contributed by atoms with Crippen LogP contribution < -0.4 is 9.46 Å². The Balaban J connectivity index is 1.94. The van der Waals surface area contributed by atoms with E-state index in [1.54, 1.807) is 13.0 Å². The van der Waals surface area contributed by atoms with Gasteiger partial charge in [0.25, 0.3) is 10.0 Å². The molecule has 0 aliphatic carbocycles. The minimum atomic E-state index is -3.97. The lowest BCUT2D eigenvalue weighted by molar-refractivity contribution is -0.0498. The van der Waals surface area contributed by atoms with E-state index >= 15 is 0 Å². The molecular weight excluding hydrogens is 344 g/mol. The van der Waals surface area contributed by atoms with Crippen molar-refractivity contribution in [1.29, 1.82) is 0 Å². The summed E-state index contributed by atoms with van der Waals surface area (Å²) in [5, 5.41) is 7.18. The first-order valence-corrected chi connectivity index (χ1v) is 8.15. The third-order valence-corrected chi connectivity index (χ3v) is 4.60. The van der Waals surface area contributed by atoms with E-state index in [2.05, 4.69) is 24.4 Å². The molecule has 2 aromatic carbocycles. The van der Waals surface area contributed by atoms with Gasteiger partial charge >= 0.3 is 6.61 Å². The summed E-state index contributed by atoms with van der Waals surface area (Å²) in [5.74, 6) is -0.0618. The number of hydrogen-bond acceptors (Lipinski definition) is 6. The first kappa shape index (κ1) is 16.1. The summed E-state index contributed by atoms with van der Waals surface area (Å²) in [6.07, 6.45) is 0. The third-order valence-electron chi connectivity index (χ3n) is 3.21. The van der Waals surface area contributed by atoms with Gasteiger partial charge in [-0.05, 0) is 53.1 Å². The molecular formula is C14H11F2N3O4S. The number of hydrogen-bond donors (Lipinski definition) is 1. The molecule has 0 atom stereocenters. The maximum absolute atomic E-state index is 12.6. The van der Waals surface area contributed by atoms with Crippen LogP contribution in [-0.2, 0) is 10.0 Å². The normalized spacial score (nSPS) is 11.8. The molecule has 126 valence electrons. The predicted molar refractivity (Wildman–Crippen MR) is 80.4 cm³/mol. The van der Waals surface area contributed by atoms with Crippen LogP contribution in [0.5, 0.6) is 5.75 Å². The Morgan fingerprint density at radius 3 is 2.71 bits per heavy atom. The standard InChI is InChI=1S/C14H11F2N3O4S/c1-8-7-9(22-14(15)16)5-6-10(8)19-24(20,21)12-4-2-3-11-13(12)18-23-17-11/h2-7,14,19H,1H3. The summed E-state index contributed by atoms with van der Waals surface area (Å²) >= 11 is 0. The summed E-state index contributed by atoms with van der Waals surface area (Å²) in [6.45, 7) is -1.39. The highest BCUT2D eigenvalue weighted by Crippen LogP contribution is 2.27. The van der Waals surface area contributed by atoms with E-state index in [0.717, 1.165) is 0 Å². The number of benzene rings is 2. The van der Waals surface area contributed by atoms with Crippen molar-refractivity contribution < 1.29 is 26.6 Å². The molecule has 0 fully saturated rings. The quantitative estimate of drug-likeness (QED) is 0.756. The SMILES string of the molecule is Cc1cc(OC(F)F)ccc1NS(=O)(=O)c1cccc2nonc12. The van der Waals surface area contributed by atoms with Crippen molar-refractivity contribution >= 4 is 26.7 Å². The highest BCUT2D eigenvalue weighted by Gasteiger charge is 2.21. The molecule has 0 saturated carbocycles. The second-order valence-electron chi connectivity index (χ2n) is 4.85. The fraction of sp³-hybridized carbons (Fsp3) is 0.143. The maximum Gasteiger partial charge on any atom is 0.387 e. The second-order valence-corrected chi connectivity index (χ2v) is 6.50. The van der Waals surface area contributed by atoms with Gasteiger partial charge in [0, 0.05) is 0 Å². The number of nitrogens with zero attached hydrogens (tertiary/aromatic N) is 2. The Bertz CT molecular complexity index is 989. The number of sulfonamides is 1. The Kier molecular flexibility index (Phi) is 4.06. The number of nitrogens with one attached hydrogen (secondary N) is 1. The molecule has 0 bridgehead atoms. The average molecular weight is 355 g/mol. The highest BCUT2D eigenvalue weighted by atomic mass is 32.2. The zero-order valence-electron chi connectivity index (χ0n) is 12.2. The summed E-state index contributed by atoms with van der Waals surface area (Å²) < 4.78 is 60.7. The Morgan fingerprint density at radius 2 is 2.00 bits per heavy atom. The molecule has 3 aromatic rings. The molecule has 0 aliphatic heterocycles. The molecule has 0 saturated heterocycles. The molecule has 3 rings (SSSR count). The molecule has 24 heavy (non-hydrogen) atoms. The van der Waals surface area contributed by atoms with Gasteiger partial charge in [0.2, 0.25) is 0 Å². The molecule has 10 heteroatoms. The fourth-order valence-corrected chi connectivity index (χ4v) is 3.41. The van der Waals surface area contributed by atoms with E-state index in [9.17, 15) is 17.2 Å². The molecule has 1 aromatic heterocycles. The molecule has 1 N–H and O–H groups in total. The fourth-order valence-electron chi connectivity index (χ4n) is 2.12. The van der Waals surface area contributed by atoms with E-state index in [4.69, 9.17) is 0 Å². The van der Waals surface area contributed by atoms with Gasteiger partial charge in [-0.1, -0.05) is 6.07 Å². The van der Waals surface area contributed by atoms with Crippen molar-refractivity contribution in [3.8, 4) is 5.75 Å². The van der Waals surface area contributed by atoms with E-state index in [0.29, 0.717) is 11.1 Å². The Morgan fingerprint density at radius 1 is 1.21 bits per heavy atom. The van der Waals surface area contributed by atoms with Gasteiger partial charge in [-0.3, -0.25) is 4.72 Å². The molecule has 0 spiro atoms. The summed E-state index contributed by atoms with van der Waals surface area (Å²) in [7, 11) is -3.97. The van der Waals surface area contributed by atoms with E-state index in [1.807, 2.05) is 0 Å². The van der Waals surface area contributed by atoms with Gasteiger partial charge in [-0.2, -0.15) is 8.78 Å². The molecule has 7 nitrogen and oxygen atoms in total. The van der Waals surface area contributed by atoms with Crippen LogP contribution >= 0.6 is 0 Å². The summed E-state index contributed by atoms with van der Waals surface area (Å²) in [4.78, 5) is -0.103. The van der Waals surface area contributed by atoms with Gasteiger partial charge in [0.1, 0.15) is 16.2 Å². The Labute approximate surface area is 135 Å². The van der Waals surface area contributed by atoms with Crippen LogP contribution in [0.1, 0.15) is 5.56 Å². The minimum absolute atomic E-state index is 0.0618. The number of alkyl halides is 2. The number of halogens is 2. The molecule has 0 aliphatic rings. The second kappa shape index (κ2) is 6.04. The summed E-state index contributed by atoms with van der Waals surface area (Å²) in [5.41, 5.74) is 1.04. The van der Waals surface area contributed by atoms with Crippen LogP contribution in [0.15, 0.2) is 45.9 Å². The molecule has 0 amide bonds. The number of rotatable bonds is 5. The van der Waals surface area contributed by atoms with Crippen LogP contribution in [0.2, 0.25) is 0 Å². The van der Waals surface area contributed by atoms with Crippen molar-refractivity contribution in [2.24, 2.45) is 0 Å². The van der Waals surface area contributed by atoms with Gasteiger partial charge in [0.05, 0.1) is 5.69 Å². The molecule has 0 radical (unpaired) electrons. The smallest absolute Gasteiger partial charge is 0.387 e. The van der Waals surface area contributed by atoms with Gasteiger partial charge in [-0.25, -0.2) is 13.0 Å². The Hall–Kier alpha value is -2.75. The number of aryl methyl sites for hydroxylation is 1. The lowest BCUT2D eigenvalue weighted by Crippen LogP contribution is -2.14. The van der Waals surface area contributed by atoms with Crippen molar-refractivity contribution in [2.45, 2.75) is 18.4 Å². The van der Waals surface area contributed by atoms with Crippen molar-refractivity contribution in [3.05, 3.63) is 42.0 Å². The monoisotopic (exact) mass is 355 g/mol. The van der Waals surface area contributed by atoms with Crippen molar-refractivity contribution in [1.82, 2.24) is 10.3 Å². The highest BCUT2D eigenvalue weighted by molar-refractivity contribution is 7.93. The number of fused-ring (bicyclic) bond motifs is 1. The van der Waals surface area contributed by atoms with Crippen LogP contribution in [0.25, 0.3) is 11.0 Å². The lowest BCUT2D eigenvalue weighted by Gasteiger charge is -2.12. The average Bonchev–Trinajstić information content (AvgIpc) is 2.97. The summed E-state index contributed by atoms with van der Waals surface area (Å²) in [6, 6.07) is 8.32. The van der Waals surface area contributed by atoms with Crippen LogP contribution in [0, 0.1) is 6.92 Å². The van der Waals surface area contributed by atoms with Crippen LogP contribution in [-0.4, -0.2) is 25.3 Å². The first-order valence-electron chi connectivity index (χ1n) is 6.66. The number of aromatic nitrogens is 2. The largest absolute Gasteiger partial charge is 0.435 e. The predicted octanol–water partition coefficient (Wildman–Crippen LogP) is 2.93. The number of anilines is 1. The number of ether oxygens (including phenoxy) is 1. The van der Waals surface area contributed by atoms with Crippen LogP contribution in [0.3, 0.4) is 0 Å².